The van der Waals surface area contributed by atoms with Gasteiger partial charge < -0.3 is 19.7 Å². The topological polar surface area (TPSA) is 127 Å². The summed E-state index contributed by atoms with van der Waals surface area (Å²) < 4.78 is 10.5. The Bertz CT molecular complexity index is 1400. The Kier molecular flexibility index (Phi) is 8.81. The van der Waals surface area contributed by atoms with Crippen LogP contribution in [0.25, 0.3) is 21.5 Å². The van der Waals surface area contributed by atoms with E-state index in [1.54, 1.807) is 76.2 Å². The maximum Gasteiger partial charge on any atom is 0.339 e. The second-order valence-electron chi connectivity index (χ2n) is 8.93. The molecule has 0 aromatic heterocycles. The number of hydrogen-bond acceptors (Lipinski definition) is 6. The molecule has 196 valence electrons. The molecule has 8 heteroatoms. The zero-order chi connectivity index (χ0) is 28.0. The normalized spacial score (nSPS) is 10.7. The van der Waals surface area contributed by atoms with Crippen LogP contribution in [0.15, 0.2) is 72.8 Å². The lowest BCUT2D eigenvalue weighted by atomic mass is 9.99. The highest BCUT2D eigenvalue weighted by Gasteiger charge is 2.19. The standard InChI is InChI=1S/C18H20O4.C12H8O4/c1-11(2)21-17(19)15-9-10-16(18(20)22-12(3)4)14-8-6-5-7-13(14)15;13-11(14)9-5-6-10(12(15)16)8-4-2-1-3-7(8)9/h5-12H,1-4H3;1-6H,(H,13,14)(H,15,16). The number of aromatic carboxylic acids is 2. The third-order valence-corrected chi connectivity index (χ3v) is 5.43. The van der Waals surface area contributed by atoms with Crippen LogP contribution in [0.5, 0.6) is 0 Å². The van der Waals surface area contributed by atoms with E-state index in [4.69, 9.17) is 19.7 Å². The molecule has 0 amide bonds. The zero-order valence-corrected chi connectivity index (χ0v) is 21.4. The van der Waals surface area contributed by atoms with Crippen molar-refractivity contribution in [1.29, 1.82) is 0 Å². The summed E-state index contributed by atoms with van der Waals surface area (Å²) >= 11 is 0. The Hall–Kier alpha value is -4.72. The van der Waals surface area contributed by atoms with Gasteiger partial charge in [0.25, 0.3) is 0 Å². The number of esters is 2. The summed E-state index contributed by atoms with van der Waals surface area (Å²) in [6, 6.07) is 19.7. The van der Waals surface area contributed by atoms with Crippen molar-refractivity contribution in [3.8, 4) is 0 Å². The molecule has 0 atom stereocenters. The van der Waals surface area contributed by atoms with Crippen molar-refractivity contribution >= 4 is 45.4 Å². The van der Waals surface area contributed by atoms with Crippen molar-refractivity contribution in [2.75, 3.05) is 0 Å². The van der Waals surface area contributed by atoms with E-state index in [0.29, 0.717) is 32.7 Å². The molecule has 0 radical (unpaired) electrons. The van der Waals surface area contributed by atoms with Crippen molar-refractivity contribution in [2.45, 2.75) is 39.9 Å². The largest absolute Gasteiger partial charge is 0.478 e. The van der Waals surface area contributed by atoms with Crippen LogP contribution in [0.1, 0.15) is 69.1 Å². The molecule has 0 aliphatic carbocycles. The van der Waals surface area contributed by atoms with Crippen LogP contribution in [0.4, 0.5) is 0 Å². The predicted octanol–water partition coefficient (Wildman–Crippen LogP) is 6.21. The molecule has 0 bridgehead atoms. The third-order valence-electron chi connectivity index (χ3n) is 5.43. The Morgan fingerprint density at radius 1 is 0.500 bits per heavy atom. The Morgan fingerprint density at radius 3 is 1.03 bits per heavy atom. The van der Waals surface area contributed by atoms with E-state index >= 15 is 0 Å². The van der Waals surface area contributed by atoms with E-state index in [1.165, 1.54) is 12.1 Å². The lowest BCUT2D eigenvalue weighted by Gasteiger charge is -2.13. The smallest absolute Gasteiger partial charge is 0.339 e. The van der Waals surface area contributed by atoms with Gasteiger partial charge in [-0.15, -0.1) is 0 Å². The fraction of sp³-hybridized carbons (Fsp3) is 0.200. The molecular weight excluding hydrogens is 488 g/mol. The van der Waals surface area contributed by atoms with Crippen LogP contribution < -0.4 is 0 Å². The van der Waals surface area contributed by atoms with Crippen molar-refractivity contribution in [2.24, 2.45) is 0 Å². The summed E-state index contributed by atoms with van der Waals surface area (Å²) in [6.07, 6.45) is -0.395. The highest BCUT2D eigenvalue weighted by molar-refractivity contribution is 6.12. The van der Waals surface area contributed by atoms with Gasteiger partial charge in [0, 0.05) is 0 Å². The maximum atomic E-state index is 12.2. The molecule has 0 saturated carbocycles. The SMILES string of the molecule is CC(C)OC(=O)c1ccc(C(=O)OC(C)C)c2ccccc12.O=C(O)c1ccc(C(=O)O)c2ccccc12. The summed E-state index contributed by atoms with van der Waals surface area (Å²) in [7, 11) is 0. The lowest BCUT2D eigenvalue weighted by molar-refractivity contribution is 0.0365. The third kappa shape index (κ3) is 6.34. The number of carbonyl (C=O) groups is 4. The predicted molar refractivity (Wildman–Crippen MR) is 143 cm³/mol. The number of fused-ring (bicyclic) bond motifs is 2. The summed E-state index contributed by atoms with van der Waals surface area (Å²) in [5.41, 5.74) is 1.12. The molecule has 8 nitrogen and oxygen atoms in total. The molecule has 2 N–H and O–H groups in total. The number of rotatable bonds is 6. The Balaban J connectivity index is 0.000000221. The molecule has 0 fully saturated rings. The number of hydrogen-bond donors (Lipinski definition) is 2. The van der Waals surface area contributed by atoms with Crippen LogP contribution >= 0.6 is 0 Å². The van der Waals surface area contributed by atoms with Crippen molar-refractivity contribution in [3.63, 3.8) is 0 Å². The van der Waals surface area contributed by atoms with Gasteiger partial charge in [0.2, 0.25) is 0 Å². The second kappa shape index (κ2) is 12.0. The average Bonchev–Trinajstić information content (AvgIpc) is 2.86. The fourth-order valence-electron chi connectivity index (χ4n) is 3.88. The number of carbonyl (C=O) groups excluding carboxylic acids is 2. The molecule has 4 aromatic carbocycles. The van der Waals surface area contributed by atoms with Crippen LogP contribution in [0.3, 0.4) is 0 Å². The quantitative estimate of drug-likeness (QED) is 0.290. The summed E-state index contributed by atoms with van der Waals surface area (Å²) in [4.78, 5) is 46.3. The van der Waals surface area contributed by atoms with Gasteiger partial charge >= 0.3 is 23.9 Å². The molecule has 4 rings (SSSR count). The van der Waals surface area contributed by atoms with Crippen LogP contribution in [0, 0.1) is 0 Å². The number of carboxylic acids is 2. The molecule has 0 aliphatic rings. The van der Waals surface area contributed by atoms with E-state index in [0.717, 1.165) is 0 Å². The zero-order valence-electron chi connectivity index (χ0n) is 21.4. The van der Waals surface area contributed by atoms with Crippen LogP contribution in [-0.4, -0.2) is 46.3 Å². The first kappa shape index (κ1) is 27.9. The average molecular weight is 517 g/mol. The fourth-order valence-corrected chi connectivity index (χ4v) is 3.88. The molecule has 0 unspecified atom stereocenters. The second-order valence-corrected chi connectivity index (χ2v) is 8.93. The molecule has 0 spiro atoms. The van der Waals surface area contributed by atoms with Gasteiger partial charge in [0.05, 0.1) is 34.5 Å². The number of carboxylic acid groups (broad SMARTS) is 2. The molecule has 0 aliphatic heterocycles. The van der Waals surface area contributed by atoms with Gasteiger partial charge in [-0.05, 0) is 73.5 Å². The summed E-state index contributed by atoms with van der Waals surface area (Å²) in [5.74, 6) is -2.91. The molecule has 0 saturated heterocycles. The summed E-state index contributed by atoms with van der Waals surface area (Å²) in [5, 5.41) is 20.2. The van der Waals surface area contributed by atoms with E-state index < -0.39 is 23.9 Å². The first-order valence-corrected chi connectivity index (χ1v) is 11.9. The van der Waals surface area contributed by atoms with Gasteiger partial charge in [-0.2, -0.15) is 0 Å². The van der Waals surface area contributed by atoms with Gasteiger partial charge in [0.1, 0.15) is 0 Å². The van der Waals surface area contributed by atoms with Gasteiger partial charge in [-0.3, -0.25) is 0 Å². The van der Waals surface area contributed by atoms with E-state index in [-0.39, 0.29) is 23.3 Å². The minimum absolute atomic E-state index is 0.112. The molecule has 4 aromatic rings. The maximum absolute atomic E-state index is 12.2. The van der Waals surface area contributed by atoms with Crippen LogP contribution in [0.2, 0.25) is 0 Å². The molecule has 38 heavy (non-hydrogen) atoms. The first-order chi connectivity index (χ1) is 18.0. The Morgan fingerprint density at radius 2 is 0.763 bits per heavy atom. The van der Waals surface area contributed by atoms with E-state index in [1.807, 2.05) is 12.1 Å². The highest BCUT2D eigenvalue weighted by atomic mass is 16.5. The minimum atomic E-state index is -1.06. The number of ether oxygens (including phenoxy) is 2. The van der Waals surface area contributed by atoms with Gasteiger partial charge in [-0.25, -0.2) is 19.2 Å². The lowest BCUT2D eigenvalue weighted by Crippen LogP contribution is -2.14. The van der Waals surface area contributed by atoms with Crippen molar-refractivity contribution < 1.29 is 38.9 Å². The Labute approximate surface area is 219 Å². The highest BCUT2D eigenvalue weighted by Crippen LogP contribution is 2.25. The van der Waals surface area contributed by atoms with Crippen LogP contribution in [-0.2, 0) is 9.47 Å². The monoisotopic (exact) mass is 516 g/mol. The first-order valence-electron chi connectivity index (χ1n) is 11.9. The minimum Gasteiger partial charge on any atom is -0.478 e. The van der Waals surface area contributed by atoms with Gasteiger partial charge in [-0.1, -0.05) is 48.5 Å². The van der Waals surface area contributed by atoms with E-state index in [9.17, 15) is 19.2 Å². The van der Waals surface area contributed by atoms with Crippen molar-refractivity contribution in [1.82, 2.24) is 0 Å². The van der Waals surface area contributed by atoms with Crippen molar-refractivity contribution in [3.05, 3.63) is 95.1 Å². The molecular formula is C30H28O8. The number of benzene rings is 4. The van der Waals surface area contributed by atoms with Gasteiger partial charge in [0.15, 0.2) is 0 Å². The molecule has 0 heterocycles. The van der Waals surface area contributed by atoms with E-state index in [2.05, 4.69) is 0 Å². The summed E-state index contributed by atoms with van der Waals surface area (Å²) in [6.45, 7) is 7.20.